The molecule has 2 aromatic carbocycles. The van der Waals surface area contributed by atoms with E-state index in [1.807, 2.05) is 50.5 Å². The van der Waals surface area contributed by atoms with Crippen molar-refractivity contribution < 1.29 is 4.79 Å². The van der Waals surface area contributed by atoms with E-state index in [0.717, 1.165) is 23.7 Å². The van der Waals surface area contributed by atoms with E-state index in [1.54, 1.807) is 0 Å². The maximum absolute atomic E-state index is 12.1. The van der Waals surface area contributed by atoms with E-state index in [-0.39, 0.29) is 5.91 Å². The van der Waals surface area contributed by atoms with E-state index in [1.165, 1.54) is 0 Å². The van der Waals surface area contributed by atoms with Crippen molar-refractivity contribution in [2.24, 2.45) is 0 Å². The number of anilines is 1. The summed E-state index contributed by atoms with van der Waals surface area (Å²) in [7, 11) is 4.03. The maximum Gasteiger partial charge on any atom is 0.253 e. The number of nitrogens with zero attached hydrogens (tertiary/aromatic N) is 1. The van der Waals surface area contributed by atoms with Crippen LogP contribution in [0.3, 0.4) is 0 Å². The van der Waals surface area contributed by atoms with Gasteiger partial charge in [0.15, 0.2) is 0 Å². The first-order chi connectivity index (χ1) is 9.58. The van der Waals surface area contributed by atoms with Crippen molar-refractivity contribution in [1.29, 1.82) is 0 Å². The zero-order chi connectivity index (χ0) is 14.5. The molecule has 0 heterocycles. The predicted molar refractivity (Wildman–Crippen MR) is 83.9 cm³/mol. The normalized spacial score (nSPS) is 10.9. The number of benzene rings is 2. The van der Waals surface area contributed by atoms with Gasteiger partial charge in [-0.3, -0.25) is 4.79 Å². The molecule has 1 amide bonds. The lowest BCUT2D eigenvalue weighted by Crippen LogP contribution is -2.27. The van der Waals surface area contributed by atoms with Gasteiger partial charge in [-0.1, -0.05) is 24.3 Å². The number of hydrogen-bond donors (Lipinski definition) is 2. The van der Waals surface area contributed by atoms with Gasteiger partial charge in [0, 0.05) is 12.2 Å². The third-order valence-corrected chi connectivity index (χ3v) is 3.23. The number of fused-ring (bicyclic) bond motifs is 1. The van der Waals surface area contributed by atoms with E-state index < -0.39 is 0 Å². The van der Waals surface area contributed by atoms with Crippen LogP contribution in [0.2, 0.25) is 0 Å². The second-order valence-electron chi connectivity index (χ2n) is 5.20. The third-order valence-electron chi connectivity index (χ3n) is 3.23. The van der Waals surface area contributed by atoms with Gasteiger partial charge in [0.05, 0.1) is 5.56 Å². The van der Waals surface area contributed by atoms with Gasteiger partial charge in [0.25, 0.3) is 5.91 Å². The minimum absolute atomic E-state index is 0.105. The average Bonchev–Trinajstić information content (AvgIpc) is 2.42. The fourth-order valence-corrected chi connectivity index (χ4v) is 2.15. The number of nitrogens with one attached hydrogen (secondary N) is 1. The van der Waals surface area contributed by atoms with Gasteiger partial charge >= 0.3 is 0 Å². The van der Waals surface area contributed by atoms with Crippen molar-refractivity contribution in [3.8, 4) is 0 Å². The molecule has 0 spiro atoms. The summed E-state index contributed by atoms with van der Waals surface area (Å²) in [6.45, 7) is 1.61. The molecular formula is C16H21N3O. The van der Waals surface area contributed by atoms with E-state index in [0.29, 0.717) is 17.8 Å². The smallest absolute Gasteiger partial charge is 0.253 e. The molecule has 20 heavy (non-hydrogen) atoms. The van der Waals surface area contributed by atoms with Crippen LogP contribution in [0.1, 0.15) is 16.8 Å². The molecule has 0 saturated heterocycles. The van der Waals surface area contributed by atoms with Crippen LogP contribution in [0.5, 0.6) is 0 Å². The second kappa shape index (κ2) is 6.39. The summed E-state index contributed by atoms with van der Waals surface area (Å²) >= 11 is 0. The number of carbonyl (C=O) groups is 1. The first-order valence-electron chi connectivity index (χ1n) is 6.79. The van der Waals surface area contributed by atoms with Gasteiger partial charge < -0.3 is 16.0 Å². The molecule has 0 aliphatic carbocycles. The second-order valence-corrected chi connectivity index (χ2v) is 5.20. The molecule has 0 unspecified atom stereocenters. The Morgan fingerprint density at radius 2 is 1.85 bits per heavy atom. The van der Waals surface area contributed by atoms with Gasteiger partial charge in [-0.05, 0) is 50.0 Å². The highest BCUT2D eigenvalue weighted by Crippen LogP contribution is 2.21. The fourth-order valence-electron chi connectivity index (χ4n) is 2.15. The molecule has 0 aliphatic rings. The SMILES string of the molecule is CN(C)CCCNC(=O)c1cc2ccccc2cc1N. The van der Waals surface area contributed by atoms with E-state index in [2.05, 4.69) is 10.2 Å². The standard InChI is InChI=1S/C16H21N3O/c1-19(2)9-5-8-18-16(20)14-10-12-6-3-4-7-13(12)11-15(14)17/h3-4,6-7,10-11H,5,8-9,17H2,1-2H3,(H,18,20). The van der Waals surface area contributed by atoms with E-state index in [4.69, 9.17) is 5.73 Å². The van der Waals surface area contributed by atoms with Crippen LogP contribution in [-0.4, -0.2) is 38.0 Å². The Kier molecular flexibility index (Phi) is 4.58. The Morgan fingerprint density at radius 3 is 2.50 bits per heavy atom. The number of carbonyl (C=O) groups excluding carboxylic acids is 1. The van der Waals surface area contributed by atoms with Crippen molar-refractivity contribution in [3.05, 3.63) is 42.0 Å². The highest BCUT2D eigenvalue weighted by atomic mass is 16.1. The first kappa shape index (κ1) is 14.3. The Bertz CT molecular complexity index is 608. The summed E-state index contributed by atoms with van der Waals surface area (Å²) in [6.07, 6.45) is 0.923. The van der Waals surface area contributed by atoms with Crippen molar-refractivity contribution in [2.75, 3.05) is 32.9 Å². The summed E-state index contributed by atoms with van der Waals surface area (Å²) in [5.41, 5.74) is 7.04. The molecule has 0 aromatic heterocycles. The minimum atomic E-state index is -0.105. The van der Waals surface area contributed by atoms with E-state index in [9.17, 15) is 4.79 Å². The van der Waals surface area contributed by atoms with Crippen LogP contribution < -0.4 is 11.1 Å². The van der Waals surface area contributed by atoms with Crippen LogP contribution in [0.15, 0.2) is 36.4 Å². The lowest BCUT2D eigenvalue weighted by molar-refractivity contribution is 0.0953. The number of nitrogen functional groups attached to an aromatic ring is 1. The molecular weight excluding hydrogens is 250 g/mol. The molecule has 2 rings (SSSR count). The van der Waals surface area contributed by atoms with Crippen LogP contribution in [0, 0.1) is 0 Å². The number of nitrogens with two attached hydrogens (primary N) is 1. The molecule has 0 bridgehead atoms. The highest BCUT2D eigenvalue weighted by Gasteiger charge is 2.10. The molecule has 0 aliphatic heterocycles. The topological polar surface area (TPSA) is 58.4 Å². The van der Waals surface area contributed by atoms with Gasteiger partial charge in [0.2, 0.25) is 0 Å². The highest BCUT2D eigenvalue weighted by molar-refractivity contribution is 6.03. The fraction of sp³-hybridized carbons (Fsp3) is 0.312. The van der Waals surface area contributed by atoms with Gasteiger partial charge in [-0.2, -0.15) is 0 Å². The summed E-state index contributed by atoms with van der Waals surface area (Å²) in [4.78, 5) is 14.2. The Morgan fingerprint density at radius 1 is 1.20 bits per heavy atom. The summed E-state index contributed by atoms with van der Waals surface area (Å²) in [5, 5.41) is 4.99. The van der Waals surface area contributed by atoms with Crippen molar-refractivity contribution >= 4 is 22.4 Å². The quantitative estimate of drug-likeness (QED) is 0.647. The van der Waals surface area contributed by atoms with E-state index >= 15 is 0 Å². The van der Waals surface area contributed by atoms with Crippen molar-refractivity contribution in [3.63, 3.8) is 0 Å². The number of amides is 1. The number of rotatable bonds is 5. The molecule has 0 saturated carbocycles. The van der Waals surface area contributed by atoms with Crippen LogP contribution in [-0.2, 0) is 0 Å². The Labute approximate surface area is 119 Å². The van der Waals surface area contributed by atoms with Crippen LogP contribution >= 0.6 is 0 Å². The Hall–Kier alpha value is -2.07. The average molecular weight is 271 g/mol. The molecule has 0 radical (unpaired) electrons. The molecule has 4 nitrogen and oxygen atoms in total. The summed E-state index contributed by atoms with van der Waals surface area (Å²) < 4.78 is 0. The zero-order valence-electron chi connectivity index (χ0n) is 12.0. The van der Waals surface area contributed by atoms with Crippen molar-refractivity contribution in [2.45, 2.75) is 6.42 Å². The summed E-state index contributed by atoms with van der Waals surface area (Å²) in [6, 6.07) is 11.6. The lowest BCUT2D eigenvalue weighted by atomic mass is 10.0. The molecule has 0 fully saturated rings. The predicted octanol–water partition coefficient (Wildman–Crippen LogP) is 2.10. The van der Waals surface area contributed by atoms with Gasteiger partial charge in [0.1, 0.15) is 0 Å². The van der Waals surface area contributed by atoms with Crippen LogP contribution in [0.25, 0.3) is 10.8 Å². The number of hydrogen-bond acceptors (Lipinski definition) is 3. The maximum atomic E-state index is 12.1. The molecule has 2 aromatic rings. The largest absolute Gasteiger partial charge is 0.398 e. The monoisotopic (exact) mass is 271 g/mol. The van der Waals surface area contributed by atoms with Crippen LogP contribution in [0.4, 0.5) is 5.69 Å². The summed E-state index contributed by atoms with van der Waals surface area (Å²) in [5.74, 6) is -0.105. The lowest BCUT2D eigenvalue weighted by Gasteiger charge is -2.11. The Balaban J connectivity index is 2.07. The molecule has 3 N–H and O–H groups in total. The van der Waals surface area contributed by atoms with Crippen molar-refractivity contribution in [1.82, 2.24) is 10.2 Å². The van der Waals surface area contributed by atoms with Gasteiger partial charge in [-0.15, -0.1) is 0 Å². The third kappa shape index (κ3) is 3.48. The molecule has 4 heteroatoms. The first-order valence-corrected chi connectivity index (χ1v) is 6.79. The van der Waals surface area contributed by atoms with Gasteiger partial charge in [-0.25, -0.2) is 0 Å². The molecule has 0 atom stereocenters. The molecule has 106 valence electrons. The minimum Gasteiger partial charge on any atom is -0.398 e. The zero-order valence-corrected chi connectivity index (χ0v) is 12.0.